The molecule has 25 heavy (non-hydrogen) atoms. The minimum atomic E-state index is -0.292. The molecule has 0 spiro atoms. The Hall–Kier alpha value is -2.40. The first kappa shape index (κ1) is 16.1. The van der Waals surface area contributed by atoms with Crippen molar-refractivity contribution in [3.05, 3.63) is 58.9 Å². The minimum Gasteiger partial charge on any atom is -0.493 e. The molecule has 5 heteroatoms. The van der Waals surface area contributed by atoms with Gasteiger partial charge in [0.1, 0.15) is 11.6 Å². The molecule has 1 unspecified atom stereocenters. The highest BCUT2D eigenvalue weighted by molar-refractivity contribution is 5.91. The van der Waals surface area contributed by atoms with Crippen LogP contribution < -0.4 is 15.4 Å². The van der Waals surface area contributed by atoms with Crippen LogP contribution >= 0.6 is 0 Å². The number of hydrogen-bond acceptors (Lipinski definition) is 3. The third kappa shape index (κ3) is 3.24. The number of ether oxygens (including phenoxy) is 1. The van der Waals surface area contributed by atoms with Gasteiger partial charge in [-0.15, -0.1) is 0 Å². The first-order valence-corrected chi connectivity index (χ1v) is 8.75. The van der Waals surface area contributed by atoms with E-state index >= 15 is 0 Å². The van der Waals surface area contributed by atoms with E-state index in [1.54, 1.807) is 6.07 Å². The molecule has 1 amide bonds. The van der Waals surface area contributed by atoms with Crippen molar-refractivity contribution in [3.63, 3.8) is 0 Å². The molecular weight excluding hydrogens is 319 g/mol. The topological polar surface area (TPSA) is 50.4 Å². The number of benzene rings is 2. The smallest absolute Gasteiger partial charge is 0.225 e. The van der Waals surface area contributed by atoms with Crippen molar-refractivity contribution in [2.24, 2.45) is 0 Å². The average Bonchev–Trinajstić information content (AvgIpc) is 2.65. The number of rotatable bonds is 3. The van der Waals surface area contributed by atoms with E-state index in [4.69, 9.17) is 4.74 Å². The zero-order valence-corrected chi connectivity index (χ0v) is 14.0. The monoisotopic (exact) mass is 340 g/mol. The van der Waals surface area contributed by atoms with Crippen LogP contribution in [-0.4, -0.2) is 19.1 Å². The highest BCUT2D eigenvalue weighted by Crippen LogP contribution is 2.35. The van der Waals surface area contributed by atoms with Gasteiger partial charge in [0.05, 0.1) is 12.3 Å². The number of carbonyl (C=O) groups excluding carboxylic acids is 1. The Bertz CT molecular complexity index is 806. The number of halogens is 1. The van der Waals surface area contributed by atoms with Gasteiger partial charge in [-0.05, 0) is 54.1 Å². The van der Waals surface area contributed by atoms with Crippen molar-refractivity contribution in [3.8, 4) is 5.75 Å². The Kier molecular flexibility index (Phi) is 4.40. The van der Waals surface area contributed by atoms with Crippen LogP contribution in [0.2, 0.25) is 0 Å². The first-order valence-electron chi connectivity index (χ1n) is 8.75. The molecule has 4 nitrogen and oxygen atoms in total. The van der Waals surface area contributed by atoms with Crippen LogP contribution in [0.3, 0.4) is 0 Å². The number of amides is 1. The summed E-state index contributed by atoms with van der Waals surface area (Å²) in [4.78, 5) is 12.5. The van der Waals surface area contributed by atoms with Crippen LogP contribution in [0.5, 0.6) is 5.75 Å². The molecule has 0 aromatic heterocycles. The van der Waals surface area contributed by atoms with Gasteiger partial charge >= 0.3 is 0 Å². The Morgan fingerprint density at radius 1 is 1.28 bits per heavy atom. The third-order valence-corrected chi connectivity index (χ3v) is 5.00. The van der Waals surface area contributed by atoms with Crippen LogP contribution in [0.4, 0.5) is 10.1 Å². The van der Waals surface area contributed by atoms with Gasteiger partial charge in [-0.2, -0.15) is 0 Å². The summed E-state index contributed by atoms with van der Waals surface area (Å²) >= 11 is 0. The summed E-state index contributed by atoms with van der Waals surface area (Å²) < 4.78 is 20.3. The van der Waals surface area contributed by atoms with Crippen molar-refractivity contribution >= 4 is 11.6 Å². The average molecular weight is 340 g/mol. The van der Waals surface area contributed by atoms with Gasteiger partial charge in [0, 0.05) is 13.0 Å². The Balaban J connectivity index is 1.48. The van der Waals surface area contributed by atoms with Crippen molar-refractivity contribution in [1.29, 1.82) is 0 Å². The first-order chi connectivity index (χ1) is 12.2. The molecule has 2 heterocycles. The summed E-state index contributed by atoms with van der Waals surface area (Å²) in [5.74, 6) is 0.503. The maximum Gasteiger partial charge on any atom is 0.225 e. The zero-order valence-electron chi connectivity index (χ0n) is 14.0. The van der Waals surface area contributed by atoms with Crippen LogP contribution in [-0.2, 0) is 17.8 Å². The van der Waals surface area contributed by atoms with Crippen molar-refractivity contribution in [2.75, 3.05) is 18.5 Å². The van der Waals surface area contributed by atoms with Gasteiger partial charge in [-0.3, -0.25) is 4.79 Å². The molecule has 0 saturated carbocycles. The lowest BCUT2D eigenvalue weighted by Gasteiger charge is -2.25. The summed E-state index contributed by atoms with van der Waals surface area (Å²) in [5, 5.41) is 5.99. The predicted molar refractivity (Wildman–Crippen MR) is 94.4 cm³/mol. The summed E-state index contributed by atoms with van der Waals surface area (Å²) in [5.41, 5.74) is 3.03. The van der Waals surface area contributed by atoms with Gasteiger partial charge in [0.15, 0.2) is 0 Å². The maximum absolute atomic E-state index is 14.7. The number of anilines is 1. The Morgan fingerprint density at radius 2 is 2.16 bits per heavy atom. The number of nitrogens with one attached hydrogen (secondary N) is 2. The molecule has 4 rings (SSSR count). The zero-order chi connectivity index (χ0) is 17.2. The maximum atomic E-state index is 14.7. The molecule has 0 bridgehead atoms. The third-order valence-electron chi connectivity index (χ3n) is 5.00. The molecule has 0 fully saturated rings. The van der Waals surface area contributed by atoms with Crippen molar-refractivity contribution in [1.82, 2.24) is 5.32 Å². The van der Waals surface area contributed by atoms with Gasteiger partial charge in [0.25, 0.3) is 0 Å². The van der Waals surface area contributed by atoms with E-state index in [0.717, 1.165) is 29.8 Å². The predicted octanol–water partition coefficient (Wildman–Crippen LogP) is 3.37. The van der Waals surface area contributed by atoms with E-state index < -0.39 is 0 Å². The lowest BCUT2D eigenvalue weighted by molar-refractivity contribution is -0.116. The quantitative estimate of drug-likeness (QED) is 0.901. The fourth-order valence-corrected chi connectivity index (χ4v) is 3.68. The van der Waals surface area contributed by atoms with E-state index in [1.807, 2.05) is 30.3 Å². The van der Waals surface area contributed by atoms with Crippen LogP contribution in [0.25, 0.3) is 0 Å². The summed E-state index contributed by atoms with van der Waals surface area (Å²) in [7, 11) is 0. The van der Waals surface area contributed by atoms with E-state index in [-0.39, 0.29) is 23.3 Å². The standard InChI is InChI=1S/C20H21FN2O2/c21-20-16-7-9-22-12-14(16)5-6-17(20)23-19(24)11-13-8-10-25-18-4-2-1-3-15(13)18/h1-6,13,22H,7-12H2,(H,23,24). The molecule has 2 aliphatic rings. The minimum absolute atomic E-state index is 0.106. The highest BCUT2D eigenvalue weighted by Gasteiger charge is 2.24. The second-order valence-corrected chi connectivity index (χ2v) is 6.62. The number of fused-ring (bicyclic) bond motifs is 2. The molecule has 2 N–H and O–H groups in total. The molecule has 0 saturated heterocycles. The summed E-state index contributed by atoms with van der Waals surface area (Å²) in [6, 6.07) is 11.4. The molecular formula is C20H21FN2O2. The second kappa shape index (κ2) is 6.84. The van der Waals surface area contributed by atoms with Crippen LogP contribution in [0.15, 0.2) is 36.4 Å². The number of para-hydroxylation sites is 1. The fourth-order valence-electron chi connectivity index (χ4n) is 3.68. The fraction of sp³-hybridized carbons (Fsp3) is 0.350. The molecule has 2 aliphatic heterocycles. The Labute approximate surface area is 146 Å². The molecule has 0 aliphatic carbocycles. The van der Waals surface area contributed by atoms with Gasteiger partial charge in [-0.25, -0.2) is 4.39 Å². The number of carbonyl (C=O) groups is 1. The Morgan fingerprint density at radius 3 is 3.08 bits per heavy atom. The molecule has 2 aromatic carbocycles. The van der Waals surface area contributed by atoms with Gasteiger partial charge < -0.3 is 15.4 Å². The molecule has 1 atom stereocenters. The van der Waals surface area contributed by atoms with Crippen molar-refractivity contribution in [2.45, 2.75) is 31.7 Å². The lowest BCUT2D eigenvalue weighted by Crippen LogP contribution is -2.25. The largest absolute Gasteiger partial charge is 0.493 e. The van der Waals surface area contributed by atoms with E-state index in [0.29, 0.717) is 31.6 Å². The lowest BCUT2D eigenvalue weighted by atomic mass is 9.90. The van der Waals surface area contributed by atoms with Crippen LogP contribution in [0.1, 0.15) is 35.4 Å². The summed E-state index contributed by atoms with van der Waals surface area (Å²) in [6.45, 7) is 2.05. The summed E-state index contributed by atoms with van der Waals surface area (Å²) in [6.07, 6.45) is 1.78. The number of hydrogen-bond donors (Lipinski definition) is 2. The molecule has 2 aromatic rings. The van der Waals surface area contributed by atoms with Crippen molar-refractivity contribution < 1.29 is 13.9 Å². The van der Waals surface area contributed by atoms with E-state index in [2.05, 4.69) is 10.6 Å². The van der Waals surface area contributed by atoms with E-state index in [1.165, 1.54) is 0 Å². The SMILES string of the molecule is O=C(CC1CCOc2ccccc21)Nc1ccc2c(c1F)CCNC2. The van der Waals surface area contributed by atoms with Gasteiger partial charge in [-0.1, -0.05) is 24.3 Å². The van der Waals surface area contributed by atoms with Gasteiger partial charge in [0.2, 0.25) is 5.91 Å². The molecule has 130 valence electrons. The molecule has 0 radical (unpaired) electrons. The normalized spacial score (nSPS) is 18.7. The van der Waals surface area contributed by atoms with Crippen LogP contribution in [0, 0.1) is 5.82 Å². The second-order valence-electron chi connectivity index (χ2n) is 6.62. The highest BCUT2D eigenvalue weighted by atomic mass is 19.1. The van der Waals surface area contributed by atoms with E-state index in [9.17, 15) is 9.18 Å².